The van der Waals surface area contributed by atoms with Gasteiger partial charge < -0.3 is 19.9 Å². The van der Waals surface area contributed by atoms with E-state index in [-0.39, 0.29) is 6.04 Å². The van der Waals surface area contributed by atoms with Crippen LogP contribution in [0.1, 0.15) is 40.3 Å². The molecule has 0 bridgehead atoms. The first-order valence-corrected chi connectivity index (χ1v) is 12.2. The lowest BCUT2D eigenvalue weighted by atomic mass is 9.85. The lowest BCUT2D eigenvalue weighted by Crippen LogP contribution is -2.38. The van der Waals surface area contributed by atoms with E-state index in [1.807, 2.05) is 66.7 Å². The first kappa shape index (κ1) is 23.2. The fraction of sp³-hybridized carbons (Fsp3) is 0.226. The van der Waals surface area contributed by atoms with Crippen molar-refractivity contribution < 1.29 is 14.6 Å². The second kappa shape index (κ2) is 11.2. The van der Waals surface area contributed by atoms with Gasteiger partial charge in [-0.2, -0.15) is 0 Å². The predicted molar refractivity (Wildman–Crippen MR) is 138 cm³/mol. The van der Waals surface area contributed by atoms with Crippen molar-refractivity contribution in [3.8, 4) is 11.5 Å². The van der Waals surface area contributed by atoms with Gasteiger partial charge in [-0.3, -0.25) is 0 Å². The first-order chi connectivity index (χ1) is 17.3. The van der Waals surface area contributed by atoms with Crippen LogP contribution in [0, 0.1) is 0 Å². The standard InChI is InChI=1S/C31H31NO3/c33-30-26-17-19-29(34-21-24-12-6-2-7-13-24)31(35-22-25-14-8-3-9-15-25)27(26)16-18-28(30)32-20-23-10-4-1-5-11-23/h1-15,17,19,28,30,32-33H,16,18,20-22H2/t28-,30+/m0/s1. The predicted octanol–water partition coefficient (Wildman–Crippen LogP) is 5.98. The Morgan fingerprint density at radius 2 is 1.26 bits per heavy atom. The highest BCUT2D eigenvalue weighted by molar-refractivity contribution is 5.53. The van der Waals surface area contributed by atoms with Crippen LogP contribution in [0.25, 0.3) is 0 Å². The molecule has 5 rings (SSSR count). The zero-order chi connectivity index (χ0) is 23.9. The molecule has 0 saturated heterocycles. The molecule has 0 saturated carbocycles. The summed E-state index contributed by atoms with van der Waals surface area (Å²) in [5.74, 6) is 1.45. The Morgan fingerprint density at radius 1 is 0.686 bits per heavy atom. The van der Waals surface area contributed by atoms with Crippen molar-refractivity contribution in [1.29, 1.82) is 0 Å². The molecule has 0 amide bonds. The Bertz CT molecular complexity index is 1210. The third-order valence-electron chi connectivity index (χ3n) is 6.54. The number of hydrogen-bond acceptors (Lipinski definition) is 4. The molecule has 1 aliphatic rings. The van der Waals surface area contributed by atoms with Gasteiger partial charge in [-0.05, 0) is 41.2 Å². The quantitative estimate of drug-likeness (QED) is 0.319. The maximum atomic E-state index is 11.2. The van der Waals surface area contributed by atoms with E-state index in [1.165, 1.54) is 5.56 Å². The summed E-state index contributed by atoms with van der Waals surface area (Å²) in [7, 11) is 0. The normalized spacial score (nSPS) is 16.9. The van der Waals surface area contributed by atoms with Crippen LogP contribution >= 0.6 is 0 Å². The molecule has 0 unspecified atom stereocenters. The summed E-state index contributed by atoms with van der Waals surface area (Å²) in [6, 6.07) is 34.5. The van der Waals surface area contributed by atoms with Crippen LogP contribution in [-0.4, -0.2) is 11.1 Å². The third kappa shape index (κ3) is 5.73. The highest BCUT2D eigenvalue weighted by Gasteiger charge is 2.31. The first-order valence-electron chi connectivity index (χ1n) is 12.2. The summed E-state index contributed by atoms with van der Waals surface area (Å²) in [5.41, 5.74) is 5.36. The van der Waals surface area contributed by atoms with Crippen molar-refractivity contribution >= 4 is 0 Å². The van der Waals surface area contributed by atoms with Gasteiger partial charge in [0.05, 0.1) is 6.10 Å². The van der Waals surface area contributed by atoms with E-state index >= 15 is 0 Å². The Kier molecular flexibility index (Phi) is 7.42. The van der Waals surface area contributed by atoms with Gasteiger partial charge in [-0.25, -0.2) is 0 Å². The maximum absolute atomic E-state index is 11.2. The summed E-state index contributed by atoms with van der Waals surface area (Å²) in [5, 5.41) is 14.8. The van der Waals surface area contributed by atoms with Crippen molar-refractivity contribution in [3.05, 3.63) is 131 Å². The number of aliphatic hydroxyl groups excluding tert-OH is 1. The molecule has 0 radical (unpaired) electrons. The molecule has 0 heterocycles. The fourth-order valence-corrected chi connectivity index (χ4v) is 4.63. The smallest absolute Gasteiger partial charge is 0.165 e. The highest BCUT2D eigenvalue weighted by Crippen LogP contribution is 2.42. The summed E-state index contributed by atoms with van der Waals surface area (Å²) >= 11 is 0. The number of ether oxygens (including phenoxy) is 2. The van der Waals surface area contributed by atoms with Gasteiger partial charge in [0.25, 0.3) is 0 Å². The van der Waals surface area contributed by atoms with Crippen LogP contribution in [0.2, 0.25) is 0 Å². The van der Waals surface area contributed by atoms with Crippen LogP contribution in [0.5, 0.6) is 11.5 Å². The summed E-state index contributed by atoms with van der Waals surface area (Å²) in [6.07, 6.45) is 1.03. The van der Waals surface area contributed by atoms with E-state index in [4.69, 9.17) is 9.47 Å². The Morgan fingerprint density at radius 3 is 1.89 bits per heavy atom. The SMILES string of the molecule is O[C@@H]1c2ccc(OCc3ccccc3)c(OCc3ccccc3)c2CC[C@@H]1NCc1ccccc1. The zero-order valence-corrected chi connectivity index (χ0v) is 19.8. The molecular weight excluding hydrogens is 434 g/mol. The minimum Gasteiger partial charge on any atom is -0.485 e. The van der Waals surface area contributed by atoms with Crippen molar-refractivity contribution in [2.24, 2.45) is 0 Å². The van der Waals surface area contributed by atoms with Crippen molar-refractivity contribution in [2.45, 2.75) is 44.7 Å². The van der Waals surface area contributed by atoms with Gasteiger partial charge in [-0.15, -0.1) is 0 Å². The zero-order valence-electron chi connectivity index (χ0n) is 19.8. The summed E-state index contributed by atoms with van der Waals surface area (Å²) < 4.78 is 12.6. The van der Waals surface area contributed by atoms with E-state index < -0.39 is 6.10 Å². The van der Waals surface area contributed by atoms with Gasteiger partial charge in [-0.1, -0.05) is 97.1 Å². The van der Waals surface area contributed by atoms with Crippen LogP contribution < -0.4 is 14.8 Å². The average molecular weight is 466 g/mol. The van der Waals surface area contributed by atoms with Gasteiger partial charge in [0.15, 0.2) is 11.5 Å². The molecule has 35 heavy (non-hydrogen) atoms. The van der Waals surface area contributed by atoms with Gasteiger partial charge in [0.2, 0.25) is 0 Å². The third-order valence-corrected chi connectivity index (χ3v) is 6.54. The molecular formula is C31H31NO3. The van der Waals surface area contributed by atoms with E-state index in [2.05, 4.69) is 41.7 Å². The van der Waals surface area contributed by atoms with Gasteiger partial charge in [0, 0.05) is 18.2 Å². The Balaban J connectivity index is 1.37. The molecule has 0 spiro atoms. The van der Waals surface area contributed by atoms with Gasteiger partial charge >= 0.3 is 0 Å². The number of nitrogens with one attached hydrogen (secondary N) is 1. The molecule has 0 aromatic heterocycles. The molecule has 2 atom stereocenters. The van der Waals surface area contributed by atoms with E-state index in [0.29, 0.717) is 19.0 Å². The minimum atomic E-state index is -0.607. The van der Waals surface area contributed by atoms with Gasteiger partial charge in [0.1, 0.15) is 13.2 Å². The number of rotatable bonds is 9. The molecule has 1 aliphatic carbocycles. The van der Waals surface area contributed by atoms with E-state index in [0.717, 1.165) is 47.4 Å². The molecule has 2 N–H and O–H groups in total. The molecule has 178 valence electrons. The fourth-order valence-electron chi connectivity index (χ4n) is 4.63. The van der Waals surface area contributed by atoms with Crippen LogP contribution in [-0.2, 0) is 26.2 Å². The van der Waals surface area contributed by atoms with Crippen LogP contribution in [0.15, 0.2) is 103 Å². The number of hydrogen-bond donors (Lipinski definition) is 2. The molecule has 0 fully saturated rings. The van der Waals surface area contributed by atoms with E-state index in [9.17, 15) is 5.11 Å². The monoisotopic (exact) mass is 465 g/mol. The highest BCUT2D eigenvalue weighted by atomic mass is 16.5. The number of benzene rings is 4. The number of aliphatic hydroxyl groups is 1. The topological polar surface area (TPSA) is 50.7 Å². The molecule has 4 aromatic carbocycles. The molecule has 0 aliphatic heterocycles. The van der Waals surface area contributed by atoms with Crippen LogP contribution in [0.4, 0.5) is 0 Å². The average Bonchev–Trinajstić information content (AvgIpc) is 2.92. The van der Waals surface area contributed by atoms with Crippen LogP contribution in [0.3, 0.4) is 0 Å². The Labute approximate surface area is 207 Å². The summed E-state index contributed by atoms with van der Waals surface area (Å²) in [4.78, 5) is 0. The Hall–Kier alpha value is -3.60. The summed E-state index contributed by atoms with van der Waals surface area (Å²) in [6.45, 7) is 1.64. The molecule has 4 heteroatoms. The maximum Gasteiger partial charge on any atom is 0.165 e. The second-order valence-electron chi connectivity index (χ2n) is 8.97. The van der Waals surface area contributed by atoms with Crippen molar-refractivity contribution in [1.82, 2.24) is 5.32 Å². The lowest BCUT2D eigenvalue weighted by molar-refractivity contribution is 0.112. The molecule has 4 nitrogen and oxygen atoms in total. The largest absolute Gasteiger partial charge is 0.485 e. The minimum absolute atomic E-state index is 0.0132. The van der Waals surface area contributed by atoms with Crippen molar-refractivity contribution in [3.63, 3.8) is 0 Å². The van der Waals surface area contributed by atoms with E-state index in [1.54, 1.807) is 0 Å². The van der Waals surface area contributed by atoms with Crippen molar-refractivity contribution in [2.75, 3.05) is 0 Å². The number of fused-ring (bicyclic) bond motifs is 1. The molecule has 4 aromatic rings. The lowest BCUT2D eigenvalue weighted by Gasteiger charge is -2.32. The second-order valence-corrected chi connectivity index (χ2v) is 8.97.